The molecular weight excluding hydrogens is 250 g/mol. The van der Waals surface area contributed by atoms with Crippen molar-refractivity contribution in [2.24, 2.45) is 0 Å². The third-order valence-electron chi connectivity index (χ3n) is 4.35. The topological polar surface area (TPSA) is 42.4 Å². The maximum atomic E-state index is 10.9. The molecule has 106 valence electrons. The molecule has 3 rings (SSSR count). The molecule has 0 amide bonds. The van der Waals surface area contributed by atoms with Crippen LogP contribution in [0.3, 0.4) is 0 Å². The maximum Gasteiger partial charge on any atom is 0.0963 e. The van der Waals surface area contributed by atoms with E-state index in [1.807, 2.05) is 24.3 Å². The van der Waals surface area contributed by atoms with E-state index in [1.165, 1.54) is 0 Å². The zero-order valence-corrected chi connectivity index (χ0v) is 11.9. The summed E-state index contributed by atoms with van der Waals surface area (Å²) in [6, 6.07) is 12.2. The van der Waals surface area contributed by atoms with Crippen molar-refractivity contribution >= 4 is 10.9 Å². The average Bonchev–Trinajstić information content (AvgIpc) is 2.47. The molecule has 1 aliphatic rings. The largest absolute Gasteiger partial charge is 0.387 e. The molecule has 1 fully saturated rings. The van der Waals surface area contributed by atoms with Gasteiger partial charge in [-0.2, -0.15) is 0 Å². The van der Waals surface area contributed by atoms with E-state index < -0.39 is 5.60 Å². The summed E-state index contributed by atoms with van der Waals surface area (Å²) in [6.45, 7) is 0. The lowest BCUT2D eigenvalue weighted by Gasteiger charge is -2.38. The van der Waals surface area contributed by atoms with Gasteiger partial charge in [0.05, 0.1) is 17.2 Å². The number of pyridine rings is 1. The van der Waals surface area contributed by atoms with Gasteiger partial charge in [-0.05, 0) is 25.0 Å². The molecule has 0 spiro atoms. The Bertz CT molecular complexity index is 598. The molecule has 20 heavy (non-hydrogen) atoms. The summed E-state index contributed by atoms with van der Waals surface area (Å²) in [4.78, 5) is 4.67. The van der Waals surface area contributed by atoms with Crippen molar-refractivity contribution in [3.8, 4) is 0 Å². The summed E-state index contributed by atoms with van der Waals surface area (Å²) in [7, 11) is 1.69. The highest BCUT2D eigenvalue weighted by atomic mass is 16.5. The van der Waals surface area contributed by atoms with E-state index in [2.05, 4.69) is 17.1 Å². The second-order valence-electron chi connectivity index (χ2n) is 5.75. The van der Waals surface area contributed by atoms with E-state index in [1.54, 1.807) is 7.11 Å². The number of para-hydroxylation sites is 1. The SMILES string of the molecule is COC1CCCCC1(O)Cc1ccc2ccccc2n1. The van der Waals surface area contributed by atoms with Crippen LogP contribution in [0.15, 0.2) is 36.4 Å². The molecule has 2 aromatic rings. The number of nitrogens with zero attached hydrogens (tertiary/aromatic N) is 1. The normalized spacial score (nSPS) is 26.8. The minimum atomic E-state index is -0.775. The first kappa shape index (κ1) is 13.5. The summed E-state index contributed by atoms with van der Waals surface area (Å²) in [6.07, 6.45) is 4.40. The van der Waals surface area contributed by atoms with Gasteiger partial charge >= 0.3 is 0 Å². The number of aromatic nitrogens is 1. The summed E-state index contributed by atoms with van der Waals surface area (Å²) in [5.74, 6) is 0. The fourth-order valence-corrected chi connectivity index (χ4v) is 3.25. The predicted octanol–water partition coefficient (Wildman–Crippen LogP) is 3.10. The first-order chi connectivity index (χ1) is 9.71. The number of rotatable bonds is 3. The smallest absolute Gasteiger partial charge is 0.0963 e. The summed E-state index contributed by atoms with van der Waals surface area (Å²) < 4.78 is 5.49. The third kappa shape index (κ3) is 2.56. The van der Waals surface area contributed by atoms with Gasteiger partial charge in [-0.15, -0.1) is 0 Å². The van der Waals surface area contributed by atoms with E-state index in [4.69, 9.17) is 4.74 Å². The molecule has 3 nitrogen and oxygen atoms in total. The first-order valence-corrected chi connectivity index (χ1v) is 7.31. The zero-order chi connectivity index (χ0) is 14.0. The second-order valence-corrected chi connectivity index (χ2v) is 5.75. The molecule has 1 aliphatic carbocycles. The number of methoxy groups -OCH3 is 1. The van der Waals surface area contributed by atoms with Gasteiger partial charge in [0, 0.05) is 24.6 Å². The average molecular weight is 271 g/mol. The molecule has 1 aromatic carbocycles. The highest BCUT2D eigenvalue weighted by Crippen LogP contribution is 2.33. The molecule has 0 bridgehead atoms. The molecule has 1 aromatic heterocycles. The molecule has 0 saturated heterocycles. The van der Waals surface area contributed by atoms with Crippen LogP contribution >= 0.6 is 0 Å². The lowest BCUT2D eigenvalue weighted by Crippen LogP contribution is -2.47. The lowest BCUT2D eigenvalue weighted by molar-refractivity contribution is -0.116. The Labute approximate surface area is 119 Å². The summed E-state index contributed by atoms with van der Waals surface area (Å²) in [5, 5.41) is 12.0. The molecule has 1 N–H and O–H groups in total. The molecule has 0 radical (unpaired) electrons. The van der Waals surface area contributed by atoms with E-state index >= 15 is 0 Å². The van der Waals surface area contributed by atoms with Crippen molar-refractivity contribution in [3.63, 3.8) is 0 Å². The predicted molar refractivity (Wildman–Crippen MR) is 79.7 cm³/mol. The zero-order valence-electron chi connectivity index (χ0n) is 11.9. The van der Waals surface area contributed by atoms with Gasteiger partial charge in [0.1, 0.15) is 0 Å². The van der Waals surface area contributed by atoms with Crippen LogP contribution in [0.1, 0.15) is 31.4 Å². The van der Waals surface area contributed by atoms with Gasteiger partial charge in [-0.1, -0.05) is 37.1 Å². The Morgan fingerprint density at radius 1 is 1.25 bits per heavy atom. The molecule has 1 heterocycles. The van der Waals surface area contributed by atoms with Crippen molar-refractivity contribution in [1.29, 1.82) is 0 Å². The van der Waals surface area contributed by atoms with Gasteiger partial charge < -0.3 is 9.84 Å². The molecule has 2 unspecified atom stereocenters. The fraction of sp³-hybridized carbons (Fsp3) is 0.471. The fourth-order valence-electron chi connectivity index (χ4n) is 3.25. The number of benzene rings is 1. The van der Waals surface area contributed by atoms with Crippen LogP contribution in [-0.2, 0) is 11.2 Å². The van der Waals surface area contributed by atoms with Crippen molar-refractivity contribution in [2.75, 3.05) is 7.11 Å². The van der Waals surface area contributed by atoms with Crippen LogP contribution in [0.25, 0.3) is 10.9 Å². The van der Waals surface area contributed by atoms with Gasteiger partial charge in [-0.25, -0.2) is 0 Å². The van der Waals surface area contributed by atoms with Crippen LogP contribution < -0.4 is 0 Å². The maximum absolute atomic E-state index is 10.9. The number of fused-ring (bicyclic) bond motifs is 1. The van der Waals surface area contributed by atoms with Crippen molar-refractivity contribution in [1.82, 2.24) is 4.98 Å². The van der Waals surface area contributed by atoms with E-state index in [0.717, 1.165) is 42.3 Å². The Kier molecular flexibility index (Phi) is 3.72. The number of hydrogen-bond acceptors (Lipinski definition) is 3. The Hall–Kier alpha value is -1.45. The van der Waals surface area contributed by atoms with Gasteiger partial charge in [0.2, 0.25) is 0 Å². The van der Waals surface area contributed by atoms with E-state index in [9.17, 15) is 5.11 Å². The van der Waals surface area contributed by atoms with Crippen LogP contribution in [0.5, 0.6) is 0 Å². The number of aliphatic hydroxyl groups is 1. The Balaban J connectivity index is 1.87. The van der Waals surface area contributed by atoms with Crippen LogP contribution in [-0.4, -0.2) is 28.9 Å². The van der Waals surface area contributed by atoms with Gasteiger partial charge in [-0.3, -0.25) is 4.98 Å². The Morgan fingerprint density at radius 2 is 2.10 bits per heavy atom. The van der Waals surface area contributed by atoms with Gasteiger partial charge in [0.25, 0.3) is 0 Å². The molecular formula is C17H21NO2. The summed E-state index contributed by atoms with van der Waals surface area (Å²) in [5.41, 5.74) is 1.15. The molecule has 3 heteroatoms. The van der Waals surface area contributed by atoms with E-state index in [0.29, 0.717) is 6.42 Å². The molecule has 0 aliphatic heterocycles. The molecule has 1 saturated carbocycles. The van der Waals surface area contributed by atoms with Gasteiger partial charge in [0.15, 0.2) is 0 Å². The minimum absolute atomic E-state index is 0.0791. The third-order valence-corrected chi connectivity index (χ3v) is 4.35. The van der Waals surface area contributed by atoms with Crippen LogP contribution in [0.2, 0.25) is 0 Å². The first-order valence-electron chi connectivity index (χ1n) is 7.31. The number of ether oxygens (including phenoxy) is 1. The summed E-state index contributed by atoms with van der Waals surface area (Å²) >= 11 is 0. The quantitative estimate of drug-likeness (QED) is 0.932. The highest BCUT2D eigenvalue weighted by Gasteiger charge is 2.39. The van der Waals surface area contributed by atoms with Crippen LogP contribution in [0, 0.1) is 0 Å². The standard InChI is InChI=1S/C17H21NO2/c1-20-16-8-4-5-11-17(16,19)12-14-10-9-13-6-2-3-7-15(13)18-14/h2-3,6-7,9-10,16,19H,4-5,8,11-12H2,1H3. The highest BCUT2D eigenvalue weighted by molar-refractivity contribution is 5.78. The van der Waals surface area contributed by atoms with Crippen molar-refractivity contribution in [2.45, 2.75) is 43.8 Å². The van der Waals surface area contributed by atoms with Crippen LogP contribution in [0.4, 0.5) is 0 Å². The number of hydrogen-bond donors (Lipinski definition) is 1. The van der Waals surface area contributed by atoms with Crippen molar-refractivity contribution < 1.29 is 9.84 Å². The Morgan fingerprint density at radius 3 is 2.95 bits per heavy atom. The lowest BCUT2D eigenvalue weighted by atomic mass is 9.79. The molecule has 2 atom stereocenters. The van der Waals surface area contributed by atoms with E-state index in [-0.39, 0.29) is 6.10 Å². The second kappa shape index (κ2) is 5.51. The van der Waals surface area contributed by atoms with Crippen molar-refractivity contribution in [3.05, 3.63) is 42.1 Å². The minimum Gasteiger partial charge on any atom is -0.387 e. The monoisotopic (exact) mass is 271 g/mol.